The minimum Gasteiger partial charge on any atom is -0.347 e. The van der Waals surface area contributed by atoms with Crippen molar-refractivity contribution in [1.29, 1.82) is 0 Å². The molecule has 0 aliphatic heterocycles. The van der Waals surface area contributed by atoms with Gasteiger partial charge in [-0.1, -0.05) is 18.2 Å². The average Bonchev–Trinajstić information content (AvgIpc) is 2.65. The smallest absolute Gasteiger partial charge is 0.0483 e. The van der Waals surface area contributed by atoms with E-state index < -0.39 is 0 Å². The van der Waals surface area contributed by atoms with Crippen LogP contribution in [0.2, 0.25) is 0 Å². The molecule has 1 aromatic carbocycles. The van der Waals surface area contributed by atoms with E-state index in [1.807, 2.05) is 0 Å². The Balaban J connectivity index is 2.37. The van der Waals surface area contributed by atoms with Crippen LogP contribution in [0, 0.1) is 0 Å². The first-order valence-electron chi connectivity index (χ1n) is 6.04. The summed E-state index contributed by atoms with van der Waals surface area (Å²) in [6, 6.07) is 8.89. The van der Waals surface area contributed by atoms with Gasteiger partial charge in [0.15, 0.2) is 0 Å². The minimum absolute atomic E-state index is 0.281. The summed E-state index contributed by atoms with van der Waals surface area (Å²) < 4.78 is 2.31. The molecule has 2 rings (SSSR count). The molecule has 0 bridgehead atoms. The van der Waals surface area contributed by atoms with Gasteiger partial charge in [-0.05, 0) is 38.3 Å². The number of para-hydroxylation sites is 1. The zero-order valence-electron chi connectivity index (χ0n) is 10.1. The van der Waals surface area contributed by atoms with E-state index in [2.05, 4.69) is 48.9 Å². The van der Waals surface area contributed by atoms with E-state index in [-0.39, 0.29) is 6.04 Å². The van der Waals surface area contributed by atoms with Crippen LogP contribution in [0.5, 0.6) is 0 Å². The highest BCUT2D eigenvalue weighted by Gasteiger charge is 2.07. The van der Waals surface area contributed by atoms with Crippen LogP contribution in [-0.2, 0) is 13.0 Å². The van der Waals surface area contributed by atoms with Crippen molar-refractivity contribution in [2.45, 2.75) is 39.3 Å². The standard InChI is InChI=1S/C14H20N2/c1-3-16-10-12(9-8-11(2)15)13-6-4-5-7-14(13)16/h4-7,10-11H,3,8-9,15H2,1-2H3/t11-/m1/s1. The molecule has 1 aromatic heterocycles. The average molecular weight is 216 g/mol. The monoisotopic (exact) mass is 216 g/mol. The number of fused-ring (bicyclic) bond motifs is 1. The maximum atomic E-state index is 5.82. The Labute approximate surface area is 97.1 Å². The highest BCUT2D eigenvalue weighted by molar-refractivity contribution is 5.83. The molecule has 0 aliphatic rings. The highest BCUT2D eigenvalue weighted by Crippen LogP contribution is 2.22. The summed E-state index contributed by atoms with van der Waals surface area (Å²) in [5.41, 5.74) is 8.58. The van der Waals surface area contributed by atoms with Crippen LogP contribution in [0.25, 0.3) is 10.9 Å². The van der Waals surface area contributed by atoms with Gasteiger partial charge in [-0.25, -0.2) is 0 Å². The third kappa shape index (κ3) is 2.12. The third-order valence-electron chi connectivity index (χ3n) is 3.08. The summed E-state index contributed by atoms with van der Waals surface area (Å²) in [6.07, 6.45) is 4.40. The molecule has 16 heavy (non-hydrogen) atoms. The van der Waals surface area contributed by atoms with Crippen molar-refractivity contribution in [2.24, 2.45) is 5.73 Å². The van der Waals surface area contributed by atoms with Crippen LogP contribution >= 0.6 is 0 Å². The number of aromatic nitrogens is 1. The molecule has 0 amide bonds. The number of rotatable bonds is 4. The maximum Gasteiger partial charge on any atom is 0.0483 e. The summed E-state index contributed by atoms with van der Waals surface area (Å²) in [6.45, 7) is 5.28. The number of hydrogen-bond donors (Lipinski definition) is 1. The molecule has 1 heterocycles. The molecule has 2 aromatic rings. The fourth-order valence-corrected chi connectivity index (χ4v) is 2.17. The summed E-state index contributed by atoms with van der Waals surface area (Å²) in [5, 5.41) is 1.38. The lowest BCUT2D eigenvalue weighted by Gasteiger charge is -2.03. The van der Waals surface area contributed by atoms with E-state index in [1.165, 1.54) is 16.5 Å². The van der Waals surface area contributed by atoms with E-state index in [1.54, 1.807) is 0 Å². The lowest BCUT2D eigenvalue weighted by atomic mass is 10.1. The van der Waals surface area contributed by atoms with E-state index in [9.17, 15) is 0 Å². The first-order valence-corrected chi connectivity index (χ1v) is 6.04. The van der Waals surface area contributed by atoms with Crippen molar-refractivity contribution < 1.29 is 0 Å². The normalized spacial score (nSPS) is 13.2. The summed E-state index contributed by atoms with van der Waals surface area (Å²) >= 11 is 0. The van der Waals surface area contributed by atoms with E-state index >= 15 is 0 Å². The van der Waals surface area contributed by atoms with Gasteiger partial charge in [0.1, 0.15) is 0 Å². The van der Waals surface area contributed by atoms with E-state index in [0.29, 0.717) is 0 Å². The summed E-state index contributed by atoms with van der Waals surface area (Å²) in [5.74, 6) is 0. The quantitative estimate of drug-likeness (QED) is 0.837. The minimum atomic E-state index is 0.281. The predicted octanol–water partition coefficient (Wildman–Crippen LogP) is 2.94. The Morgan fingerprint density at radius 3 is 2.75 bits per heavy atom. The first-order chi connectivity index (χ1) is 7.72. The molecule has 0 saturated carbocycles. The molecule has 0 fully saturated rings. The lowest BCUT2D eigenvalue weighted by Crippen LogP contribution is -2.15. The predicted molar refractivity (Wildman–Crippen MR) is 69.6 cm³/mol. The van der Waals surface area contributed by atoms with Gasteiger partial charge in [-0.3, -0.25) is 0 Å². The van der Waals surface area contributed by atoms with Crippen molar-refractivity contribution in [1.82, 2.24) is 4.57 Å². The zero-order chi connectivity index (χ0) is 11.5. The second kappa shape index (κ2) is 4.71. The van der Waals surface area contributed by atoms with Crippen LogP contribution in [0.1, 0.15) is 25.8 Å². The van der Waals surface area contributed by atoms with Crippen LogP contribution in [0.3, 0.4) is 0 Å². The first kappa shape index (κ1) is 11.2. The third-order valence-corrected chi connectivity index (χ3v) is 3.08. The highest BCUT2D eigenvalue weighted by atomic mass is 14.9. The molecule has 0 radical (unpaired) electrons. The van der Waals surface area contributed by atoms with Crippen molar-refractivity contribution in [3.05, 3.63) is 36.0 Å². The Hall–Kier alpha value is -1.28. The Morgan fingerprint density at radius 1 is 1.31 bits per heavy atom. The Kier molecular flexibility index (Phi) is 3.30. The SMILES string of the molecule is CCn1cc(CC[C@@H](C)N)c2ccccc21. The number of hydrogen-bond acceptors (Lipinski definition) is 1. The van der Waals surface area contributed by atoms with Crippen molar-refractivity contribution in [2.75, 3.05) is 0 Å². The zero-order valence-corrected chi connectivity index (χ0v) is 10.1. The van der Waals surface area contributed by atoms with E-state index in [0.717, 1.165) is 19.4 Å². The molecular weight excluding hydrogens is 196 g/mol. The van der Waals surface area contributed by atoms with E-state index in [4.69, 9.17) is 5.73 Å². The molecule has 2 heteroatoms. The van der Waals surface area contributed by atoms with Gasteiger partial charge in [0.05, 0.1) is 0 Å². The molecule has 0 saturated heterocycles. The van der Waals surface area contributed by atoms with Gasteiger partial charge < -0.3 is 10.3 Å². The van der Waals surface area contributed by atoms with Crippen molar-refractivity contribution in [3.63, 3.8) is 0 Å². The number of nitrogens with zero attached hydrogens (tertiary/aromatic N) is 1. The molecular formula is C14H20N2. The molecule has 0 aliphatic carbocycles. The van der Waals surface area contributed by atoms with Crippen LogP contribution in [-0.4, -0.2) is 10.6 Å². The van der Waals surface area contributed by atoms with Gasteiger partial charge in [0.2, 0.25) is 0 Å². The maximum absolute atomic E-state index is 5.82. The van der Waals surface area contributed by atoms with Crippen molar-refractivity contribution >= 4 is 10.9 Å². The lowest BCUT2D eigenvalue weighted by molar-refractivity contribution is 0.665. The Bertz CT molecular complexity index is 469. The largest absolute Gasteiger partial charge is 0.347 e. The van der Waals surface area contributed by atoms with Gasteiger partial charge in [0, 0.05) is 29.7 Å². The summed E-state index contributed by atoms with van der Waals surface area (Å²) in [7, 11) is 0. The second-order valence-corrected chi connectivity index (χ2v) is 4.47. The number of aryl methyl sites for hydroxylation is 2. The van der Waals surface area contributed by atoms with Gasteiger partial charge in [-0.15, -0.1) is 0 Å². The second-order valence-electron chi connectivity index (χ2n) is 4.47. The molecule has 2 nitrogen and oxygen atoms in total. The van der Waals surface area contributed by atoms with Crippen molar-refractivity contribution in [3.8, 4) is 0 Å². The molecule has 0 spiro atoms. The molecule has 2 N–H and O–H groups in total. The van der Waals surface area contributed by atoms with Crippen LogP contribution < -0.4 is 5.73 Å². The molecule has 0 unspecified atom stereocenters. The fourth-order valence-electron chi connectivity index (χ4n) is 2.17. The topological polar surface area (TPSA) is 30.9 Å². The summed E-state index contributed by atoms with van der Waals surface area (Å²) in [4.78, 5) is 0. The van der Waals surface area contributed by atoms with Crippen LogP contribution in [0.4, 0.5) is 0 Å². The fraction of sp³-hybridized carbons (Fsp3) is 0.429. The number of benzene rings is 1. The van der Waals surface area contributed by atoms with Crippen LogP contribution in [0.15, 0.2) is 30.5 Å². The van der Waals surface area contributed by atoms with Gasteiger partial charge in [0.25, 0.3) is 0 Å². The molecule has 1 atom stereocenters. The molecule has 86 valence electrons. The van der Waals surface area contributed by atoms with Gasteiger partial charge >= 0.3 is 0 Å². The van der Waals surface area contributed by atoms with Gasteiger partial charge in [-0.2, -0.15) is 0 Å². The number of nitrogens with two attached hydrogens (primary N) is 1. The Morgan fingerprint density at radius 2 is 2.06 bits per heavy atom.